The molecule has 1 aliphatic heterocycles. The van der Waals surface area contributed by atoms with Gasteiger partial charge in [0.1, 0.15) is 0 Å². The van der Waals surface area contributed by atoms with E-state index in [0.717, 1.165) is 19.5 Å². The number of likely N-dealkylation sites (tertiary alicyclic amines) is 1. The molecule has 1 aromatic heterocycles. The van der Waals surface area contributed by atoms with Gasteiger partial charge in [0.2, 0.25) is 0 Å². The number of carboxylic acids is 1. The van der Waals surface area contributed by atoms with Crippen molar-refractivity contribution in [1.29, 1.82) is 0 Å². The Balaban J connectivity index is 1.84. The third-order valence-corrected chi connectivity index (χ3v) is 2.93. The molecule has 1 aliphatic rings. The standard InChI is InChI=1S/C10H16N4O3/c1-10(17)2-3-13(7-10)4-5-14-6-8(9(15)16)11-12-14/h6,17H,2-5,7H2,1H3,(H,15,16). The first-order valence-corrected chi connectivity index (χ1v) is 5.54. The Morgan fingerprint density at radius 3 is 2.88 bits per heavy atom. The van der Waals surface area contributed by atoms with Crippen LogP contribution in [0.1, 0.15) is 23.8 Å². The maximum absolute atomic E-state index is 10.6. The number of hydrogen-bond donors (Lipinski definition) is 2. The third kappa shape index (κ3) is 3.01. The Labute approximate surface area is 98.7 Å². The van der Waals surface area contributed by atoms with Crippen molar-refractivity contribution in [3.05, 3.63) is 11.9 Å². The molecule has 2 rings (SSSR count). The third-order valence-electron chi connectivity index (χ3n) is 2.93. The summed E-state index contributed by atoms with van der Waals surface area (Å²) in [5.74, 6) is -1.07. The SMILES string of the molecule is CC1(O)CCN(CCn2cc(C(=O)O)nn2)C1. The van der Waals surface area contributed by atoms with Crippen molar-refractivity contribution in [2.45, 2.75) is 25.5 Å². The number of aromatic carboxylic acids is 1. The number of carboxylic acid groups (broad SMARTS) is 1. The molecule has 0 aliphatic carbocycles. The zero-order chi connectivity index (χ0) is 12.5. The Morgan fingerprint density at radius 2 is 2.35 bits per heavy atom. The van der Waals surface area contributed by atoms with E-state index in [-0.39, 0.29) is 5.69 Å². The Hall–Kier alpha value is -1.47. The molecule has 1 aromatic rings. The first-order chi connectivity index (χ1) is 7.96. The molecule has 0 amide bonds. The smallest absolute Gasteiger partial charge is 0.358 e. The maximum atomic E-state index is 10.6. The van der Waals surface area contributed by atoms with Gasteiger partial charge < -0.3 is 10.2 Å². The van der Waals surface area contributed by atoms with E-state index in [2.05, 4.69) is 15.2 Å². The zero-order valence-corrected chi connectivity index (χ0v) is 9.70. The van der Waals surface area contributed by atoms with Crippen LogP contribution in [-0.2, 0) is 6.54 Å². The lowest BCUT2D eigenvalue weighted by Gasteiger charge is -2.18. The van der Waals surface area contributed by atoms with Crippen LogP contribution in [-0.4, -0.2) is 61.3 Å². The number of rotatable bonds is 4. The van der Waals surface area contributed by atoms with Crippen molar-refractivity contribution in [2.24, 2.45) is 0 Å². The number of aromatic nitrogens is 3. The number of aliphatic hydroxyl groups is 1. The molecule has 1 atom stereocenters. The lowest BCUT2D eigenvalue weighted by molar-refractivity contribution is 0.0679. The van der Waals surface area contributed by atoms with Gasteiger partial charge >= 0.3 is 5.97 Å². The van der Waals surface area contributed by atoms with E-state index >= 15 is 0 Å². The predicted octanol–water partition coefficient (Wildman–Crippen LogP) is -0.567. The molecule has 17 heavy (non-hydrogen) atoms. The molecule has 0 bridgehead atoms. The molecular formula is C10H16N4O3. The Kier molecular flexibility index (Phi) is 3.12. The summed E-state index contributed by atoms with van der Waals surface area (Å²) in [4.78, 5) is 12.7. The fourth-order valence-electron chi connectivity index (χ4n) is 1.98. The van der Waals surface area contributed by atoms with Crippen molar-refractivity contribution in [1.82, 2.24) is 19.9 Å². The fraction of sp³-hybridized carbons (Fsp3) is 0.700. The van der Waals surface area contributed by atoms with Gasteiger partial charge in [0.25, 0.3) is 0 Å². The fourth-order valence-corrected chi connectivity index (χ4v) is 1.98. The highest BCUT2D eigenvalue weighted by atomic mass is 16.4. The quantitative estimate of drug-likeness (QED) is 0.732. The van der Waals surface area contributed by atoms with Crippen LogP contribution in [0.4, 0.5) is 0 Å². The van der Waals surface area contributed by atoms with E-state index in [4.69, 9.17) is 5.11 Å². The maximum Gasteiger partial charge on any atom is 0.358 e. The summed E-state index contributed by atoms with van der Waals surface area (Å²) in [6, 6.07) is 0. The monoisotopic (exact) mass is 240 g/mol. The second kappa shape index (κ2) is 4.42. The molecule has 2 heterocycles. The van der Waals surface area contributed by atoms with Crippen LogP contribution < -0.4 is 0 Å². The van der Waals surface area contributed by atoms with Crippen LogP contribution in [0.2, 0.25) is 0 Å². The molecule has 0 radical (unpaired) electrons. The lowest BCUT2D eigenvalue weighted by Crippen LogP contribution is -2.31. The first-order valence-electron chi connectivity index (χ1n) is 5.54. The normalized spacial score (nSPS) is 25.3. The van der Waals surface area contributed by atoms with Crippen LogP contribution in [0.25, 0.3) is 0 Å². The minimum absolute atomic E-state index is 0.0431. The molecule has 7 heteroatoms. The van der Waals surface area contributed by atoms with Gasteiger partial charge in [-0.05, 0) is 13.3 Å². The Bertz CT molecular complexity index is 415. The van der Waals surface area contributed by atoms with Crippen LogP contribution in [0.5, 0.6) is 0 Å². The largest absolute Gasteiger partial charge is 0.476 e. The molecule has 0 spiro atoms. The van der Waals surface area contributed by atoms with Gasteiger partial charge in [0, 0.05) is 19.6 Å². The van der Waals surface area contributed by atoms with Crippen molar-refractivity contribution < 1.29 is 15.0 Å². The summed E-state index contributed by atoms with van der Waals surface area (Å²) in [7, 11) is 0. The van der Waals surface area contributed by atoms with E-state index in [1.165, 1.54) is 10.9 Å². The molecule has 1 fully saturated rings. The molecule has 1 unspecified atom stereocenters. The number of β-amino-alcohol motifs (C(OH)–C–C–N with tert-alkyl or cyclic N) is 1. The summed E-state index contributed by atoms with van der Waals surface area (Å²) in [6.45, 7) is 4.64. The summed E-state index contributed by atoms with van der Waals surface area (Å²) in [5, 5.41) is 25.7. The van der Waals surface area contributed by atoms with Crippen molar-refractivity contribution in [3.8, 4) is 0 Å². The summed E-state index contributed by atoms with van der Waals surface area (Å²) in [5.41, 5.74) is -0.646. The molecule has 0 saturated carbocycles. The highest BCUT2D eigenvalue weighted by molar-refractivity contribution is 5.84. The second-order valence-electron chi connectivity index (χ2n) is 4.70. The van der Waals surface area contributed by atoms with E-state index in [1.807, 2.05) is 6.92 Å². The summed E-state index contributed by atoms with van der Waals surface area (Å²) in [6.07, 6.45) is 2.18. The highest BCUT2D eigenvalue weighted by Crippen LogP contribution is 2.19. The van der Waals surface area contributed by atoms with Gasteiger partial charge in [-0.3, -0.25) is 9.58 Å². The number of hydrogen-bond acceptors (Lipinski definition) is 5. The molecule has 0 aromatic carbocycles. The lowest BCUT2D eigenvalue weighted by atomic mass is 10.1. The number of carbonyl (C=O) groups is 1. The average Bonchev–Trinajstić information content (AvgIpc) is 2.81. The van der Waals surface area contributed by atoms with Gasteiger partial charge in [0.15, 0.2) is 5.69 Å². The van der Waals surface area contributed by atoms with Gasteiger partial charge in [-0.1, -0.05) is 5.21 Å². The van der Waals surface area contributed by atoms with E-state index in [0.29, 0.717) is 13.1 Å². The highest BCUT2D eigenvalue weighted by Gasteiger charge is 2.30. The predicted molar refractivity (Wildman–Crippen MR) is 58.7 cm³/mol. The molecule has 94 valence electrons. The van der Waals surface area contributed by atoms with Crippen LogP contribution in [0.15, 0.2) is 6.20 Å². The van der Waals surface area contributed by atoms with Gasteiger partial charge in [-0.25, -0.2) is 4.79 Å². The van der Waals surface area contributed by atoms with Gasteiger partial charge in [-0.2, -0.15) is 0 Å². The topological polar surface area (TPSA) is 91.5 Å². The second-order valence-corrected chi connectivity index (χ2v) is 4.70. The van der Waals surface area contributed by atoms with Crippen molar-refractivity contribution in [3.63, 3.8) is 0 Å². The molecule has 2 N–H and O–H groups in total. The van der Waals surface area contributed by atoms with Crippen molar-refractivity contribution in [2.75, 3.05) is 19.6 Å². The van der Waals surface area contributed by atoms with Gasteiger partial charge in [-0.15, -0.1) is 5.10 Å². The van der Waals surface area contributed by atoms with Gasteiger partial charge in [0.05, 0.1) is 18.3 Å². The van der Waals surface area contributed by atoms with Crippen LogP contribution in [0.3, 0.4) is 0 Å². The Morgan fingerprint density at radius 1 is 1.59 bits per heavy atom. The minimum Gasteiger partial charge on any atom is -0.476 e. The van der Waals surface area contributed by atoms with Crippen LogP contribution in [0, 0.1) is 0 Å². The van der Waals surface area contributed by atoms with Crippen LogP contribution >= 0.6 is 0 Å². The van der Waals surface area contributed by atoms with E-state index < -0.39 is 11.6 Å². The van der Waals surface area contributed by atoms with E-state index in [9.17, 15) is 9.90 Å². The average molecular weight is 240 g/mol. The molecule has 7 nitrogen and oxygen atoms in total. The molecular weight excluding hydrogens is 224 g/mol. The summed E-state index contributed by atoms with van der Waals surface area (Å²) >= 11 is 0. The summed E-state index contributed by atoms with van der Waals surface area (Å²) < 4.78 is 1.51. The van der Waals surface area contributed by atoms with Crippen molar-refractivity contribution >= 4 is 5.97 Å². The first kappa shape index (κ1) is 12.0. The number of nitrogens with zero attached hydrogens (tertiary/aromatic N) is 4. The minimum atomic E-state index is -1.07. The van der Waals surface area contributed by atoms with E-state index in [1.54, 1.807) is 0 Å². The zero-order valence-electron chi connectivity index (χ0n) is 9.70. The molecule has 1 saturated heterocycles.